The monoisotopic (exact) mass is 403 g/mol. The summed E-state index contributed by atoms with van der Waals surface area (Å²) in [5.41, 5.74) is 2.82. The number of hydrogen-bond acceptors (Lipinski definition) is 4. The van der Waals surface area contributed by atoms with Gasteiger partial charge in [-0.15, -0.1) is 0 Å². The van der Waals surface area contributed by atoms with E-state index in [1.807, 2.05) is 37.3 Å². The first-order valence-corrected chi connectivity index (χ1v) is 10.2. The van der Waals surface area contributed by atoms with Crippen molar-refractivity contribution in [2.45, 2.75) is 32.9 Å². The number of rotatable bonds is 8. The molecule has 2 aromatic heterocycles. The zero-order chi connectivity index (χ0) is 20.9. The maximum Gasteiger partial charge on any atom is 0.263 e. The Hall–Kier alpha value is -3.41. The third-order valence-corrected chi connectivity index (χ3v) is 5.11. The van der Waals surface area contributed by atoms with Gasteiger partial charge in [-0.2, -0.15) is 0 Å². The molecule has 1 aliphatic rings. The van der Waals surface area contributed by atoms with Crippen LogP contribution in [0, 0.1) is 12.8 Å². The molecule has 6 nitrogen and oxygen atoms in total. The van der Waals surface area contributed by atoms with Crippen LogP contribution in [0.3, 0.4) is 0 Å². The number of hydrogen-bond donors (Lipinski definition) is 1. The molecule has 2 heterocycles. The van der Waals surface area contributed by atoms with Gasteiger partial charge in [-0.25, -0.2) is 4.98 Å². The number of pyridine rings is 2. The number of amides is 1. The Kier molecular flexibility index (Phi) is 5.93. The maximum atomic E-state index is 12.8. The Morgan fingerprint density at radius 1 is 1.17 bits per heavy atom. The van der Waals surface area contributed by atoms with E-state index < -0.39 is 5.91 Å². The Bertz CT molecular complexity index is 1090. The van der Waals surface area contributed by atoms with Crippen molar-refractivity contribution in [2.75, 3.05) is 6.61 Å². The molecule has 0 bridgehead atoms. The Balaban J connectivity index is 1.37. The van der Waals surface area contributed by atoms with Crippen LogP contribution in [-0.2, 0) is 13.1 Å². The molecule has 0 radical (unpaired) electrons. The molecule has 1 fully saturated rings. The first-order valence-electron chi connectivity index (χ1n) is 10.2. The van der Waals surface area contributed by atoms with Crippen molar-refractivity contribution in [1.82, 2.24) is 14.9 Å². The molecular weight excluding hydrogens is 378 g/mol. The SMILES string of the molecule is Cc1cccc(Cn2cccc(C(=O)NCc3ccc(OCC4CC4)nc3)c2=O)c1. The normalized spacial score (nSPS) is 13.1. The van der Waals surface area contributed by atoms with Crippen LogP contribution in [0.4, 0.5) is 0 Å². The number of benzene rings is 1. The number of nitrogens with one attached hydrogen (secondary N) is 1. The molecule has 3 aromatic rings. The van der Waals surface area contributed by atoms with Gasteiger partial charge in [0.05, 0.1) is 13.2 Å². The number of ether oxygens (including phenoxy) is 1. The van der Waals surface area contributed by atoms with Crippen molar-refractivity contribution in [3.63, 3.8) is 0 Å². The lowest BCUT2D eigenvalue weighted by Crippen LogP contribution is -2.32. The van der Waals surface area contributed by atoms with Gasteiger partial charge in [0.1, 0.15) is 5.56 Å². The van der Waals surface area contributed by atoms with Crippen LogP contribution < -0.4 is 15.6 Å². The van der Waals surface area contributed by atoms with Crippen LogP contribution in [-0.4, -0.2) is 22.1 Å². The molecule has 154 valence electrons. The molecule has 1 saturated carbocycles. The second kappa shape index (κ2) is 8.95. The van der Waals surface area contributed by atoms with Gasteiger partial charge in [-0.3, -0.25) is 9.59 Å². The van der Waals surface area contributed by atoms with E-state index in [1.54, 1.807) is 35.2 Å². The van der Waals surface area contributed by atoms with Gasteiger partial charge in [0.15, 0.2) is 0 Å². The average molecular weight is 403 g/mol. The molecule has 0 aliphatic heterocycles. The minimum absolute atomic E-state index is 0.127. The van der Waals surface area contributed by atoms with Crippen LogP contribution in [0.1, 0.15) is 39.9 Å². The molecule has 4 rings (SSSR count). The molecule has 0 atom stereocenters. The Labute approximate surface area is 175 Å². The minimum Gasteiger partial charge on any atom is -0.477 e. The fraction of sp³-hybridized carbons (Fsp3) is 0.292. The highest BCUT2D eigenvalue weighted by molar-refractivity contribution is 5.93. The third-order valence-electron chi connectivity index (χ3n) is 5.11. The van der Waals surface area contributed by atoms with Crippen molar-refractivity contribution >= 4 is 5.91 Å². The highest BCUT2D eigenvalue weighted by Crippen LogP contribution is 2.29. The zero-order valence-corrected chi connectivity index (χ0v) is 17.0. The van der Waals surface area contributed by atoms with Gasteiger partial charge in [0.25, 0.3) is 11.5 Å². The molecule has 1 aliphatic carbocycles. The second-order valence-corrected chi connectivity index (χ2v) is 7.79. The summed E-state index contributed by atoms with van der Waals surface area (Å²) in [5, 5.41) is 2.80. The third kappa shape index (κ3) is 5.14. The molecule has 1 amide bonds. The van der Waals surface area contributed by atoms with E-state index >= 15 is 0 Å². The summed E-state index contributed by atoms with van der Waals surface area (Å²) in [6, 6.07) is 14.9. The summed E-state index contributed by atoms with van der Waals surface area (Å²) in [5.74, 6) is 0.873. The second-order valence-electron chi connectivity index (χ2n) is 7.79. The molecule has 0 unspecified atom stereocenters. The van der Waals surface area contributed by atoms with Crippen molar-refractivity contribution in [2.24, 2.45) is 5.92 Å². The van der Waals surface area contributed by atoms with Gasteiger partial charge in [0.2, 0.25) is 5.88 Å². The number of nitrogens with zero attached hydrogens (tertiary/aromatic N) is 2. The molecule has 6 heteroatoms. The van der Waals surface area contributed by atoms with Gasteiger partial charge in [-0.05, 0) is 48.9 Å². The lowest BCUT2D eigenvalue weighted by Gasteiger charge is -2.10. The number of aromatic nitrogens is 2. The highest BCUT2D eigenvalue weighted by Gasteiger charge is 2.22. The van der Waals surface area contributed by atoms with Crippen LogP contribution in [0.2, 0.25) is 0 Å². The predicted octanol–water partition coefficient (Wildman–Crippen LogP) is 3.32. The molecular formula is C24H25N3O3. The van der Waals surface area contributed by atoms with Crippen LogP contribution in [0.25, 0.3) is 0 Å². The number of carbonyl (C=O) groups excluding carboxylic acids is 1. The zero-order valence-electron chi connectivity index (χ0n) is 17.0. The molecule has 30 heavy (non-hydrogen) atoms. The van der Waals surface area contributed by atoms with Crippen molar-refractivity contribution < 1.29 is 9.53 Å². The summed E-state index contributed by atoms with van der Waals surface area (Å²) in [6.45, 7) is 3.44. The van der Waals surface area contributed by atoms with Crippen LogP contribution in [0.15, 0.2) is 65.7 Å². The van der Waals surface area contributed by atoms with E-state index in [4.69, 9.17) is 4.74 Å². The lowest BCUT2D eigenvalue weighted by molar-refractivity contribution is 0.0948. The van der Waals surface area contributed by atoms with Gasteiger partial charge in [0, 0.05) is 25.0 Å². The fourth-order valence-corrected chi connectivity index (χ4v) is 3.21. The standard InChI is InChI=1S/C24H25N3O3/c1-17-4-2-5-19(12-17)15-27-11-3-6-21(24(27)29)23(28)26-14-20-9-10-22(25-13-20)30-16-18-7-8-18/h2-6,9-13,18H,7-8,14-16H2,1H3,(H,26,28). The molecule has 0 spiro atoms. The van der Waals surface area contributed by atoms with E-state index in [1.165, 1.54) is 12.8 Å². The molecule has 0 saturated heterocycles. The minimum atomic E-state index is -0.396. The van der Waals surface area contributed by atoms with Gasteiger partial charge >= 0.3 is 0 Å². The number of carbonyl (C=O) groups is 1. The van der Waals surface area contributed by atoms with Crippen LogP contribution in [0.5, 0.6) is 5.88 Å². The van der Waals surface area contributed by atoms with E-state index in [-0.39, 0.29) is 11.1 Å². The number of aryl methyl sites for hydroxylation is 1. The summed E-state index contributed by atoms with van der Waals surface area (Å²) in [6.07, 6.45) is 5.85. The maximum absolute atomic E-state index is 12.8. The topological polar surface area (TPSA) is 73.2 Å². The smallest absolute Gasteiger partial charge is 0.263 e. The Morgan fingerprint density at radius 2 is 2.03 bits per heavy atom. The molecule has 1 N–H and O–H groups in total. The summed E-state index contributed by atoms with van der Waals surface area (Å²) < 4.78 is 7.18. The summed E-state index contributed by atoms with van der Waals surface area (Å²) in [4.78, 5) is 29.6. The first kappa shape index (κ1) is 19.9. The molecule has 1 aromatic carbocycles. The van der Waals surface area contributed by atoms with E-state index in [0.29, 0.717) is 31.5 Å². The lowest BCUT2D eigenvalue weighted by atomic mass is 10.1. The Morgan fingerprint density at radius 3 is 2.77 bits per heavy atom. The van der Waals surface area contributed by atoms with E-state index in [2.05, 4.69) is 10.3 Å². The van der Waals surface area contributed by atoms with Crippen LogP contribution >= 0.6 is 0 Å². The summed E-state index contributed by atoms with van der Waals surface area (Å²) >= 11 is 0. The van der Waals surface area contributed by atoms with Crippen molar-refractivity contribution in [3.05, 3.63) is 93.5 Å². The average Bonchev–Trinajstić information content (AvgIpc) is 3.57. The van der Waals surface area contributed by atoms with E-state index in [9.17, 15) is 9.59 Å². The highest BCUT2D eigenvalue weighted by atomic mass is 16.5. The van der Waals surface area contributed by atoms with Crippen molar-refractivity contribution in [1.29, 1.82) is 0 Å². The summed E-state index contributed by atoms with van der Waals surface area (Å²) in [7, 11) is 0. The fourth-order valence-electron chi connectivity index (χ4n) is 3.21. The first-order chi connectivity index (χ1) is 14.6. The van der Waals surface area contributed by atoms with Gasteiger partial charge in [-0.1, -0.05) is 35.9 Å². The predicted molar refractivity (Wildman–Crippen MR) is 115 cm³/mol. The quantitative estimate of drug-likeness (QED) is 0.626. The van der Waals surface area contributed by atoms with E-state index in [0.717, 1.165) is 16.7 Å². The van der Waals surface area contributed by atoms with Crippen molar-refractivity contribution in [3.8, 4) is 5.88 Å². The van der Waals surface area contributed by atoms with Gasteiger partial charge < -0.3 is 14.6 Å². The largest absolute Gasteiger partial charge is 0.477 e.